The summed E-state index contributed by atoms with van der Waals surface area (Å²) in [7, 11) is -1.47. The zero-order valence-corrected chi connectivity index (χ0v) is 21.6. The van der Waals surface area contributed by atoms with E-state index < -0.39 is 48.6 Å². The van der Waals surface area contributed by atoms with Crippen molar-refractivity contribution < 1.29 is 38.8 Å². The van der Waals surface area contributed by atoms with E-state index >= 15 is 0 Å². The van der Waals surface area contributed by atoms with Crippen LogP contribution in [0.5, 0.6) is 5.75 Å². The standard InChI is InChI=1S/C24H26BN5O8S/c26-23-27-16(11-39-23)18(28-24(36)30-7-6-29(10-12-4-5-12)20(32)21(30)33)17(31)9-14-8-13-2-1-3-15(22(34)35)19(13)38-25(14)37/h1-3,11-12,14,18,37H,4-10H2,(H2,26,27)(H,28,36)(H,34,35)/t14-,18?/m1/s1. The molecule has 1 unspecified atom stereocenters. The minimum Gasteiger partial charge on any atom is -0.535 e. The zero-order valence-electron chi connectivity index (χ0n) is 20.7. The number of piperazine rings is 1. The zero-order chi connectivity index (χ0) is 27.8. The van der Waals surface area contributed by atoms with Crippen LogP contribution in [0.1, 0.15) is 46.9 Å². The van der Waals surface area contributed by atoms with Crippen molar-refractivity contribution in [2.75, 3.05) is 25.4 Å². The second-order valence-electron chi connectivity index (χ2n) is 9.89. The van der Waals surface area contributed by atoms with Crippen LogP contribution in [0.3, 0.4) is 0 Å². The number of aromatic nitrogens is 1. The third-order valence-electron chi connectivity index (χ3n) is 7.07. The molecule has 39 heavy (non-hydrogen) atoms. The van der Waals surface area contributed by atoms with Crippen LogP contribution in [0.15, 0.2) is 23.6 Å². The summed E-state index contributed by atoms with van der Waals surface area (Å²) < 4.78 is 5.48. The number of fused-ring (bicyclic) bond motifs is 1. The van der Waals surface area contributed by atoms with Gasteiger partial charge in [-0.05, 0) is 36.8 Å². The van der Waals surface area contributed by atoms with Gasteiger partial charge in [0.15, 0.2) is 10.9 Å². The van der Waals surface area contributed by atoms with E-state index in [1.807, 2.05) is 0 Å². The predicted molar refractivity (Wildman–Crippen MR) is 138 cm³/mol. The number of urea groups is 1. The molecule has 1 aliphatic carbocycles. The highest BCUT2D eigenvalue weighted by molar-refractivity contribution is 7.13. The van der Waals surface area contributed by atoms with Gasteiger partial charge >= 0.3 is 30.9 Å². The van der Waals surface area contributed by atoms with Gasteiger partial charge in [-0.1, -0.05) is 12.1 Å². The first-order valence-corrected chi connectivity index (χ1v) is 13.3. The lowest BCUT2D eigenvalue weighted by atomic mass is 9.64. The number of thiazole rings is 1. The van der Waals surface area contributed by atoms with Gasteiger partial charge in [0.1, 0.15) is 11.8 Å². The number of aromatic carboxylic acids is 1. The van der Waals surface area contributed by atoms with Crippen molar-refractivity contribution >= 4 is 53.2 Å². The SMILES string of the molecule is Nc1nc(C(NC(=O)N2CCN(CC3CC3)C(=O)C2=O)C(=O)C[C@H]2Cc3cccc(C(=O)O)c3OB2O)cs1. The molecule has 3 aliphatic rings. The molecule has 2 aliphatic heterocycles. The number of carbonyl (C=O) groups excluding carboxylic acids is 4. The van der Waals surface area contributed by atoms with E-state index in [-0.39, 0.29) is 48.1 Å². The monoisotopic (exact) mass is 555 g/mol. The Kier molecular flexibility index (Phi) is 7.27. The lowest BCUT2D eigenvalue weighted by molar-refractivity contribution is -0.153. The van der Waals surface area contributed by atoms with E-state index in [0.717, 1.165) is 29.1 Å². The first-order valence-electron chi connectivity index (χ1n) is 12.5. The molecule has 1 aromatic carbocycles. The topological polar surface area (TPSA) is 192 Å². The molecule has 3 heterocycles. The van der Waals surface area contributed by atoms with Crippen LogP contribution in [-0.2, 0) is 20.8 Å². The number of para-hydroxylation sites is 1. The Morgan fingerprint density at radius 1 is 1.23 bits per heavy atom. The Hall–Kier alpha value is -3.98. The normalized spacial score (nSPS) is 19.8. The van der Waals surface area contributed by atoms with Crippen molar-refractivity contribution in [1.29, 1.82) is 0 Å². The van der Waals surface area contributed by atoms with E-state index in [0.29, 0.717) is 18.0 Å². The summed E-state index contributed by atoms with van der Waals surface area (Å²) in [5.41, 5.74) is 6.32. The molecule has 13 nitrogen and oxygen atoms in total. The molecule has 0 bridgehead atoms. The molecular weight excluding hydrogens is 529 g/mol. The van der Waals surface area contributed by atoms with Crippen LogP contribution in [-0.4, -0.2) is 81.3 Å². The van der Waals surface area contributed by atoms with Crippen LogP contribution in [0.4, 0.5) is 9.93 Å². The maximum Gasteiger partial charge on any atom is 0.526 e. The molecule has 2 aromatic rings. The number of Topliss-reactive ketones (excluding diaryl/α,β-unsaturated/α-hetero) is 1. The second kappa shape index (κ2) is 10.7. The summed E-state index contributed by atoms with van der Waals surface area (Å²) in [4.78, 5) is 69.7. The minimum absolute atomic E-state index is 0.0128. The number of ketones is 1. The summed E-state index contributed by atoms with van der Waals surface area (Å²) in [6.45, 7) is 0.684. The highest BCUT2D eigenvalue weighted by Crippen LogP contribution is 2.37. The van der Waals surface area contributed by atoms with Gasteiger partial charge in [0.05, 0.1) is 11.3 Å². The van der Waals surface area contributed by atoms with Gasteiger partial charge < -0.3 is 30.7 Å². The molecule has 2 atom stereocenters. The molecule has 2 fully saturated rings. The molecule has 5 N–H and O–H groups in total. The molecule has 15 heteroatoms. The quantitative estimate of drug-likeness (QED) is 0.266. The van der Waals surface area contributed by atoms with E-state index in [2.05, 4.69) is 10.3 Å². The smallest absolute Gasteiger partial charge is 0.526 e. The summed E-state index contributed by atoms with van der Waals surface area (Å²) >= 11 is 1.06. The summed E-state index contributed by atoms with van der Waals surface area (Å²) in [6.07, 6.45) is 1.91. The number of hydrogen-bond donors (Lipinski definition) is 4. The highest BCUT2D eigenvalue weighted by atomic mass is 32.1. The number of amides is 4. The van der Waals surface area contributed by atoms with E-state index in [1.54, 1.807) is 12.1 Å². The fourth-order valence-electron chi connectivity index (χ4n) is 4.81. The van der Waals surface area contributed by atoms with Crippen molar-refractivity contribution in [3.05, 3.63) is 40.4 Å². The van der Waals surface area contributed by atoms with Crippen LogP contribution < -0.4 is 15.7 Å². The maximum atomic E-state index is 13.5. The number of rotatable bonds is 8. The molecule has 1 saturated carbocycles. The van der Waals surface area contributed by atoms with Crippen molar-refractivity contribution in [2.45, 2.75) is 37.5 Å². The molecule has 1 aromatic heterocycles. The number of hydrogen-bond acceptors (Lipinski definition) is 10. The number of imide groups is 1. The third-order valence-corrected chi connectivity index (χ3v) is 7.76. The predicted octanol–water partition coefficient (Wildman–Crippen LogP) is 0.700. The molecule has 4 amide bonds. The van der Waals surface area contributed by atoms with Gasteiger partial charge in [0.2, 0.25) is 0 Å². The number of carboxylic acid groups (broad SMARTS) is 1. The molecular formula is C24H26BN5O8S. The van der Waals surface area contributed by atoms with Gasteiger partial charge in [0.25, 0.3) is 0 Å². The number of benzene rings is 1. The Morgan fingerprint density at radius 2 is 2.00 bits per heavy atom. The average molecular weight is 555 g/mol. The number of carbonyl (C=O) groups is 5. The number of anilines is 1. The number of nitrogens with zero attached hydrogens (tertiary/aromatic N) is 3. The van der Waals surface area contributed by atoms with Crippen molar-refractivity contribution in [3.8, 4) is 5.75 Å². The fourth-order valence-corrected chi connectivity index (χ4v) is 5.40. The van der Waals surface area contributed by atoms with Gasteiger partial charge in [0, 0.05) is 37.3 Å². The molecule has 204 valence electrons. The number of nitrogens with one attached hydrogen (secondary N) is 1. The van der Waals surface area contributed by atoms with Crippen molar-refractivity contribution in [2.24, 2.45) is 5.92 Å². The van der Waals surface area contributed by atoms with E-state index in [1.165, 1.54) is 16.3 Å². The Balaban J connectivity index is 1.30. The van der Waals surface area contributed by atoms with Gasteiger partial charge in [-0.2, -0.15) is 0 Å². The van der Waals surface area contributed by atoms with Crippen LogP contribution in [0, 0.1) is 5.92 Å². The average Bonchev–Trinajstić information content (AvgIpc) is 3.62. The van der Waals surface area contributed by atoms with Crippen LogP contribution in [0.2, 0.25) is 5.82 Å². The van der Waals surface area contributed by atoms with E-state index in [9.17, 15) is 34.1 Å². The van der Waals surface area contributed by atoms with Crippen LogP contribution >= 0.6 is 11.3 Å². The van der Waals surface area contributed by atoms with Gasteiger partial charge in [-0.25, -0.2) is 14.6 Å². The number of nitrogen functional groups attached to an aromatic ring is 1. The fraction of sp³-hybridized carbons (Fsp3) is 0.417. The summed E-state index contributed by atoms with van der Waals surface area (Å²) in [6, 6.07) is 2.33. The third kappa shape index (κ3) is 5.59. The lowest BCUT2D eigenvalue weighted by Crippen LogP contribution is -2.59. The first kappa shape index (κ1) is 26.6. The summed E-state index contributed by atoms with van der Waals surface area (Å²) in [5.74, 6) is -3.79. The summed E-state index contributed by atoms with van der Waals surface area (Å²) in [5, 5.41) is 24.2. The minimum atomic E-state index is -1.47. The Labute approximate surface area is 227 Å². The first-order chi connectivity index (χ1) is 18.6. The van der Waals surface area contributed by atoms with E-state index in [4.69, 9.17) is 10.4 Å². The van der Waals surface area contributed by atoms with Gasteiger partial charge in [-0.15, -0.1) is 11.3 Å². The number of carboxylic acids is 1. The van der Waals surface area contributed by atoms with Gasteiger partial charge in [-0.3, -0.25) is 19.3 Å². The van der Waals surface area contributed by atoms with Crippen molar-refractivity contribution in [1.82, 2.24) is 20.1 Å². The maximum absolute atomic E-state index is 13.5. The molecule has 5 rings (SSSR count). The molecule has 1 saturated heterocycles. The Bertz CT molecular complexity index is 1350. The second-order valence-corrected chi connectivity index (χ2v) is 10.8. The van der Waals surface area contributed by atoms with Crippen molar-refractivity contribution in [3.63, 3.8) is 0 Å². The largest absolute Gasteiger partial charge is 0.535 e. The highest BCUT2D eigenvalue weighted by Gasteiger charge is 2.42. The molecule has 0 spiro atoms. The lowest BCUT2D eigenvalue weighted by Gasteiger charge is -2.33. The van der Waals surface area contributed by atoms with Crippen LogP contribution in [0.25, 0.3) is 0 Å². The number of nitrogens with two attached hydrogens (primary N) is 1. The molecule has 0 radical (unpaired) electrons. The Morgan fingerprint density at radius 3 is 2.67 bits per heavy atom.